The number of carboxylic acid groups (broad SMARTS) is 1. The summed E-state index contributed by atoms with van der Waals surface area (Å²) in [5.41, 5.74) is 1.08. The summed E-state index contributed by atoms with van der Waals surface area (Å²) < 4.78 is 0. The number of aryl methyl sites for hydroxylation is 1. The second-order valence-corrected chi connectivity index (χ2v) is 4.82. The van der Waals surface area contributed by atoms with Crippen molar-refractivity contribution in [2.75, 3.05) is 11.9 Å². The Labute approximate surface area is 101 Å². The van der Waals surface area contributed by atoms with Gasteiger partial charge in [0.2, 0.25) is 0 Å². The van der Waals surface area contributed by atoms with Gasteiger partial charge in [-0.2, -0.15) is 0 Å². The minimum atomic E-state index is -0.902. The van der Waals surface area contributed by atoms with Crippen LogP contribution < -0.4 is 4.90 Å². The SMILES string of the molecule is Cc1ccnc(N(C)C(C)C2CC2)c1C(=O)O. The second-order valence-electron chi connectivity index (χ2n) is 4.82. The highest BCUT2D eigenvalue weighted by molar-refractivity contribution is 5.94. The van der Waals surface area contributed by atoms with Gasteiger partial charge < -0.3 is 10.0 Å². The van der Waals surface area contributed by atoms with Crippen molar-refractivity contribution in [2.45, 2.75) is 32.7 Å². The third-order valence-corrected chi connectivity index (χ3v) is 3.60. The van der Waals surface area contributed by atoms with Crippen molar-refractivity contribution in [2.24, 2.45) is 5.92 Å². The number of aromatic carboxylic acids is 1. The Morgan fingerprint density at radius 3 is 2.76 bits per heavy atom. The fraction of sp³-hybridized carbons (Fsp3) is 0.538. The fourth-order valence-electron chi connectivity index (χ4n) is 2.16. The molecule has 1 aliphatic rings. The Balaban J connectivity index is 2.36. The summed E-state index contributed by atoms with van der Waals surface area (Å²) in [5.74, 6) is 0.362. The summed E-state index contributed by atoms with van der Waals surface area (Å²) in [6, 6.07) is 2.09. The molecule has 1 N–H and O–H groups in total. The van der Waals surface area contributed by atoms with Gasteiger partial charge in [-0.25, -0.2) is 9.78 Å². The molecule has 1 fully saturated rings. The van der Waals surface area contributed by atoms with Gasteiger partial charge in [-0.1, -0.05) is 0 Å². The van der Waals surface area contributed by atoms with Crippen molar-refractivity contribution >= 4 is 11.8 Å². The van der Waals surface area contributed by atoms with E-state index in [1.807, 2.05) is 18.9 Å². The van der Waals surface area contributed by atoms with Crippen LogP contribution in [0.2, 0.25) is 0 Å². The predicted octanol–water partition coefficient (Wildman–Crippen LogP) is 2.32. The number of pyridine rings is 1. The number of anilines is 1. The molecule has 0 bridgehead atoms. The lowest BCUT2D eigenvalue weighted by molar-refractivity contribution is 0.0696. The number of hydrogen-bond acceptors (Lipinski definition) is 3. The highest BCUT2D eigenvalue weighted by atomic mass is 16.4. The van der Waals surface area contributed by atoms with Crippen LogP contribution in [0.4, 0.5) is 5.82 Å². The van der Waals surface area contributed by atoms with Gasteiger partial charge in [-0.3, -0.25) is 0 Å². The van der Waals surface area contributed by atoms with Gasteiger partial charge in [0, 0.05) is 19.3 Å². The zero-order valence-electron chi connectivity index (χ0n) is 10.5. The van der Waals surface area contributed by atoms with Gasteiger partial charge in [0.05, 0.1) is 0 Å². The molecule has 1 heterocycles. The van der Waals surface area contributed by atoms with E-state index in [1.54, 1.807) is 12.3 Å². The molecule has 1 atom stereocenters. The van der Waals surface area contributed by atoms with Crippen LogP contribution in [0.5, 0.6) is 0 Å². The van der Waals surface area contributed by atoms with E-state index in [4.69, 9.17) is 0 Å². The molecule has 0 aliphatic heterocycles. The van der Waals surface area contributed by atoms with E-state index in [9.17, 15) is 9.90 Å². The minimum Gasteiger partial charge on any atom is -0.478 e. The topological polar surface area (TPSA) is 53.4 Å². The maximum absolute atomic E-state index is 11.3. The van der Waals surface area contributed by atoms with Crippen LogP contribution >= 0.6 is 0 Å². The van der Waals surface area contributed by atoms with Gasteiger partial charge in [-0.15, -0.1) is 0 Å². The first-order valence-electron chi connectivity index (χ1n) is 5.94. The molecule has 4 heteroatoms. The highest BCUT2D eigenvalue weighted by Crippen LogP contribution is 2.36. The first-order valence-corrected chi connectivity index (χ1v) is 5.94. The van der Waals surface area contributed by atoms with Crippen LogP contribution in [0.25, 0.3) is 0 Å². The molecule has 0 amide bonds. The van der Waals surface area contributed by atoms with E-state index < -0.39 is 5.97 Å². The molecule has 0 radical (unpaired) electrons. The number of hydrogen-bond donors (Lipinski definition) is 1. The summed E-state index contributed by atoms with van der Waals surface area (Å²) in [5, 5.41) is 9.26. The highest BCUT2D eigenvalue weighted by Gasteiger charge is 2.32. The first-order chi connectivity index (χ1) is 8.02. The third-order valence-electron chi connectivity index (χ3n) is 3.60. The summed E-state index contributed by atoms with van der Waals surface area (Å²) in [6.45, 7) is 3.94. The molecule has 1 aromatic heterocycles. The molecular formula is C13H18N2O2. The van der Waals surface area contributed by atoms with E-state index in [-0.39, 0.29) is 0 Å². The fourth-order valence-corrected chi connectivity index (χ4v) is 2.16. The van der Waals surface area contributed by atoms with E-state index in [2.05, 4.69) is 11.9 Å². The quantitative estimate of drug-likeness (QED) is 0.868. The van der Waals surface area contributed by atoms with E-state index in [1.165, 1.54) is 12.8 Å². The maximum atomic E-state index is 11.3. The zero-order chi connectivity index (χ0) is 12.6. The number of rotatable bonds is 4. The van der Waals surface area contributed by atoms with Gasteiger partial charge >= 0.3 is 5.97 Å². The average Bonchev–Trinajstić information content (AvgIpc) is 3.10. The van der Waals surface area contributed by atoms with Crippen molar-refractivity contribution in [3.05, 3.63) is 23.4 Å². The summed E-state index contributed by atoms with van der Waals surface area (Å²) in [6.07, 6.45) is 4.15. The molecule has 0 saturated heterocycles. The predicted molar refractivity (Wildman–Crippen MR) is 66.5 cm³/mol. The van der Waals surface area contributed by atoms with Gasteiger partial charge in [-0.05, 0) is 44.2 Å². The Hall–Kier alpha value is -1.58. The lowest BCUT2D eigenvalue weighted by atomic mass is 10.1. The van der Waals surface area contributed by atoms with Crippen molar-refractivity contribution in [3.8, 4) is 0 Å². The maximum Gasteiger partial charge on any atom is 0.339 e. The molecule has 1 saturated carbocycles. The van der Waals surface area contributed by atoms with Crippen LogP contribution in [0.15, 0.2) is 12.3 Å². The molecule has 1 unspecified atom stereocenters. The monoisotopic (exact) mass is 234 g/mol. The number of carbonyl (C=O) groups is 1. The molecule has 1 aromatic rings. The Bertz CT molecular complexity index is 441. The second kappa shape index (κ2) is 4.35. The minimum absolute atomic E-state index is 0.322. The van der Waals surface area contributed by atoms with E-state index >= 15 is 0 Å². The van der Waals surface area contributed by atoms with Gasteiger partial charge in [0.15, 0.2) is 0 Å². The van der Waals surface area contributed by atoms with Crippen LogP contribution in [0.3, 0.4) is 0 Å². The van der Waals surface area contributed by atoms with Crippen LogP contribution in [-0.4, -0.2) is 29.1 Å². The number of nitrogens with zero attached hydrogens (tertiary/aromatic N) is 2. The molecule has 2 rings (SSSR count). The lowest BCUT2D eigenvalue weighted by Crippen LogP contribution is -2.32. The molecule has 92 valence electrons. The molecule has 0 spiro atoms. The summed E-state index contributed by atoms with van der Waals surface area (Å²) in [4.78, 5) is 17.5. The van der Waals surface area contributed by atoms with Gasteiger partial charge in [0.1, 0.15) is 11.4 Å². The standard InChI is InChI=1S/C13H18N2O2/c1-8-6-7-14-12(11(8)13(16)17)15(3)9(2)10-4-5-10/h6-7,9-10H,4-5H2,1-3H3,(H,16,17). The third kappa shape index (κ3) is 2.25. The summed E-state index contributed by atoms with van der Waals surface area (Å²) >= 11 is 0. The van der Waals surface area contributed by atoms with E-state index in [0.29, 0.717) is 23.3 Å². The molecule has 17 heavy (non-hydrogen) atoms. The molecule has 1 aliphatic carbocycles. The molecular weight excluding hydrogens is 216 g/mol. The Kier molecular flexibility index (Phi) is 3.05. The number of carboxylic acids is 1. The van der Waals surface area contributed by atoms with Crippen molar-refractivity contribution in [3.63, 3.8) is 0 Å². The van der Waals surface area contributed by atoms with Crippen molar-refractivity contribution in [1.82, 2.24) is 4.98 Å². The molecule has 0 aromatic carbocycles. The van der Waals surface area contributed by atoms with Crippen LogP contribution in [0.1, 0.15) is 35.7 Å². The smallest absolute Gasteiger partial charge is 0.339 e. The van der Waals surface area contributed by atoms with Crippen LogP contribution in [0, 0.1) is 12.8 Å². The normalized spacial score (nSPS) is 16.6. The zero-order valence-corrected chi connectivity index (χ0v) is 10.5. The lowest BCUT2D eigenvalue weighted by Gasteiger charge is -2.27. The Morgan fingerprint density at radius 1 is 1.59 bits per heavy atom. The molecule has 4 nitrogen and oxygen atoms in total. The first kappa shape index (κ1) is 11.9. The average molecular weight is 234 g/mol. The summed E-state index contributed by atoms with van der Waals surface area (Å²) in [7, 11) is 1.93. The van der Waals surface area contributed by atoms with Crippen molar-refractivity contribution < 1.29 is 9.90 Å². The Morgan fingerprint density at radius 2 is 2.24 bits per heavy atom. The van der Waals surface area contributed by atoms with Crippen molar-refractivity contribution in [1.29, 1.82) is 0 Å². The van der Waals surface area contributed by atoms with Gasteiger partial charge in [0.25, 0.3) is 0 Å². The van der Waals surface area contributed by atoms with Crippen LogP contribution in [-0.2, 0) is 0 Å². The largest absolute Gasteiger partial charge is 0.478 e. The van der Waals surface area contributed by atoms with E-state index in [0.717, 1.165) is 5.56 Å². The number of aromatic nitrogens is 1.